The van der Waals surface area contributed by atoms with Gasteiger partial charge in [0, 0.05) is 5.69 Å². The van der Waals surface area contributed by atoms with Gasteiger partial charge in [0.15, 0.2) is 0 Å². The number of carbonyl (C=O) groups is 1. The first kappa shape index (κ1) is 13.7. The number of rotatable bonds is 4. The Morgan fingerprint density at radius 1 is 1.00 bits per heavy atom. The Balaban J connectivity index is 1.98. The van der Waals surface area contributed by atoms with Crippen molar-refractivity contribution in [2.75, 3.05) is 11.9 Å². The average molecular weight is 269 g/mol. The molecule has 20 heavy (non-hydrogen) atoms. The van der Waals surface area contributed by atoms with Crippen LogP contribution in [0.4, 0.5) is 21.9 Å². The van der Waals surface area contributed by atoms with E-state index < -0.39 is 6.09 Å². The van der Waals surface area contributed by atoms with Crippen LogP contribution in [0.15, 0.2) is 64.8 Å². The minimum absolute atomic E-state index is 0.342. The maximum atomic E-state index is 11.2. The van der Waals surface area contributed by atoms with Crippen molar-refractivity contribution in [2.45, 2.75) is 6.92 Å². The van der Waals surface area contributed by atoms with Crippen molar-refractivity contribution in [3.63, 3.8) is 0 Å². The molecule has 5 nitrogen and oxygen atoms in total. The Bertz CT molecular complexity index is 580. The zero-order chi connectivity index (χ0) is 14.2. The van der Waals surface area contributed by atoms with E-state index in [1.165, 1.54) is 0 Å². The molecule has 1 N–H and O–H groups in total. The quantitative estimate of drug-likeness (QED) is 0.820. The minimum atomic E-state index is -0.467. The Labute approximate surface area is 117 Å². The van der Waals surface area contributed by atoms with Crippen molar-refractivity contribution in [2.24, 2.45) is 10.2 Å². The van der Waals surface area contributed by atoms with E-state index >= 15 is 0 Å². The van der Waals surface area contributed by atoms with Crippen LogP contribution in [-0.2, 0) is 4.74 Å². The van der Waals surface area contributed by atoms with Gasteiger partial charge in [-0.15, -0.1) is 0 Å². The van der Waals surface area contributed by atoms with Crippen LogP contribution in [0.1, 0.15) is 6.92 Å². The molecule has 0 aliphatic rings. The summed E-state index contributed by atoms with van der Waals surface area (Å²) in [6.45, 7) is 2.10. The molecule has 2 aromatic rings. The fourth-order valence-electron chi connectivity index (χ4n) is 1.51. The van der Waals surface area contributed by atoms with Gasteiger partial charge in [-0.3, -0.25) is 5.32 Å². The highest BCUT2D eigenvalue weighted by Crippen LogP contribution is 2.20. The second-order valence-electron chi connectivity index (χ2n) is 3.93. The number of azo groups is 1. The van der Waals surface area contributed by atoms with Crippen LogP contribution in [-0.4, -0.2) is 12.7 Å². The zero-order valence-electron chi connectivity index (χ0n) is 11.1. The Morgan fingerprint density at radius 2 is 1.60 bits per heavy atom. The Hall–Kier alpha value is -2.69. The third-order valence-electron chi connectivity index (χ3n) is 2.43. The van der Waals surface area contributed by atoms with Crippen molar-refractivity contribution >= 4 is 23.2 Å². The monoisotopic (exact) mass is 269 g/mol. The molecule has 0 fully saturated rings. The van der Waals surface area contributed by atoms with Gasteiger partial charge in [-0.1, -0.05) is 18.2 Å². The van der Waals surface area contributed by atoms with Gasteiger partial charge in [0.05, 0.1) is 18.0 Å². The van der Waals surface area contributed by atoms with Crippen molar-refractivity contribution < 1.29 is 9.53 Å². The number of hydrogen-bond acceptors (Lipinski definition) is 4. The number of amides is 1. The second-order valence-corrected chi connectivity index (χ2v) is 3.93. The topological polar surface area (TPSA) is 63.0 Å². The molecular formula is C15H15N3O2. The molecule has 0 heterocycles. The number of nitrogens with one attached hydrogen (secondary N) is 1. The normalized spacial score (nSPS) is 10.4. The number of ether oxygens (including phenoxy) is 1. The molecule has 2 aromatic carbocycles. The van der Waals surface area contributed by atoms with E-state index in [1.807, 2.05) is 30.3 Å². The molecular weight excluding hydrogens is 254 g/mol. The molecule has 0 aliphatic heterocycles. The third-order valence-corrected chi connectivity index (χ3v) is 2.43. The first-order valence-electron chi connectivity index (χ1n) is 6.28. The van der Waals surface area contributed by atoms with Gasteiger partial charge in [-0.25, -0.2) is 4.79 Å². The number of nitrogens with zero attached hydrogens (tertiary/aromatic N) is 2. The molecule has 1 amide bonds. The van der Waals surface area contributed by atoms with Crippen LogP contribution in [0.5, 0.6) is 0 Å². The lowest BCUT2D eigenvalue weighted by molar-refractivity contribution is 0.168. The fourth-order valence-corrected chi connectivity index (χ4v) is 1.51. The van der Waals surface area contributed by atoms with E-state index in [4.69, 9.17) is 4.74 Å². The maximum Gasteiger partial charge on any atom is 0.411 e. The number of carbonyl (C=O) groups excluding carboxylic acids is 1. The van der Waals surface area contributed by atoms with Crippen LogP contribution in [0.2, 0.25) is 0 Å². The third kappa shape index (κ3) is 4.20. The predicted octanol–water partition coefficient (Wildman–Crippen LogP) is 4.67. The molecule has 0 radical (unpaired) electrons. The first-order chi connectivity index (χ1) is 9.78. The maximum absolute atomic E-state index is 11.2. The summed E-state index contributed by atoms with van der Waals surface area (Å²) in [5.74, 6) is 0. The summed E-state index contributed by atoms with van der Waals surface area (Å²) >= 11 is 0. The summed E-state index contributed by atoms with van der Waals surface area (Å²) in [5.41, 5.74) is 2.16. The average Bonchev–Trinajstić information content (AvgIpc) is 2.48. The van der Waals surface area contributed by atoms with E-state index in [0.29, 0.717) is 18.0 Å². The molecule has 0 aromatic heterocycles. The zero-order valence-corrected chi connectivity index (χ0v) is 11.1. The van der Waals surface area contributed by atoms with Crippen LogP contribution < -0.4 is 5.32 Å². The van der Waals surface area contributed by atoms with Crippen molar-refractivity contribution in [3.05, 3.63) is 54.6 Å². The largest absolute Gasteiger partial charge is 0.450 e. The summed E-state index contributed by atoms with van der Waals surface area (Å²) in [4.78, 5) is 11.2. The highest BCUT2D eigenvalue weighted by molar-refractivity contribution is 5.84. The van der Waals surface area contributed by atoms with E-state index in [9.17, 15) is 4.79 Å². The van der Waals surface area contributed by atoms with Gasteiger partial charge < -0.3 is 4.74 Å². The van der Waals surface area contributed by atoms with Crippen molar-refractivity contribution in [1.29, 1.82) is 0 Å². The SMILES string of the molecule is CCOC(=O)Nc1ccc(N=Nc2ccccc2)cc1. The summed E-state index contributed by atoms with van der Waals surface area (Å²) < 4.78 is 4.79. The standard InChI is InChI=1S/C15H15N3O2/c1-2-20-15(19)16-12-8-10-14(11-9-12)18-17-13-6-4-3-5-7-13/h3-11H,2H2,1H3,(H,16,19). The van der Waals surface area contributed by atoms with Gasteiger partial charge in [0.25, 0.3) is 0 Å². The molecule has 0 aliphatic carbocycles. The van der Waals surface area contributed by atoms with E-state index in [1.54, 1.807) is 31.2 Å². The van der Waals surface area contributed by atoms with E-state index in [-0.39, 0.29) is 0 Å². The molecule has 102 valence electrons. The molecule has 0 spiro atoms. The van der Waals surface area contributed by atoms with Gasteiger partial charge in [-0.05, 0) is 43.3 Å². The lowest BCUT2D eigenvalue weighted by Crippen LogP contribution is -2.12. The van der Waals surface area contributed by atoms with Crippen molar-refractivity contribution in [3.8, 4) is 0 Å². The first-order valence-corrected chi connectivity index (χ1v) is 6.28. The van der Waals surface area contributed by atoms with Gasteiger partial charge in [0.1, 0.15) is 0 Å². The van der Waals surface area contributed by atoms with E-state index in [2.05, 4.69) is 15.5 Å². The lowest BCUT2D eigenvalue weighted by atomic mass is 10.3. The van der Waals surface area contributed by atoms with Crippen LogP contribution >= 0.6 is 0 Å². The van der Waals surface area contributed by atoms with Gasteiger partial charge in [-0.2, -0.15) is 10.2 Å². The fraction of sp³-hybridized carbons (Fsp3) is 0.133. The Kier molecular flexibility index (Phi) is 4.83. The molecule has 0 saturated carbocycles. The highest BCUT2D eigenvalue weighted by Gasteiger charge is 2.01. The second kappa shape index (κ2) is 7.04. The van der Waals surface area contributed by atoms with E-state index in [0.717, 1.165) is 5.69 Å². The number of benzene rings is 2. The van der Waals surface area contributed by atoms with Gasteiger partial charge in [0.2, 0.25) is 0 Å². The van der Waals surface area contributed by atoms with Crippen LogP contribution in [0, 0.1) is 0 Å². The highest BCUT2D eigenvalue weighted by atomic mass is 16.5. The molecule has 5 heteroatoms. The number of anilines is 1. The lowest BCUT2D eigenvalue weighted by Gasteiger charge is -2.04. The molecule has 0 unspecified atom stereocenters. The summed E-state index contributed by atoms with van der Waals surface area (Å²) in [7, 11) is 0. The number of hydrogen-bond donors (Lipinski definition) is 1. The smallest absolute Gasteiger partial charge is 0.411 e. The molecule has 0 saturated heterocycles. The minimum Gasteiger partial charge on any atom is -0.450 e. The van der Waals surface area contributed by atoms with Crippen LogP contribution in [0.3, 0.4) is 0 Å². The molecule has 0 bridgehead atoms. The molecule has 0 atom stereocenters. The van der Waals surface area contributed by atoms with Gasteiger partial charge >= 0.3 is 6.09 Å². The molecule has 2 rings (SSSR count). The van der Waals surface area contributed by atoms with Crippen LogP contribution in [0.25, 0.3) is 0 Å². The summed E-state index contributed by atoms with van der Waals surface area (Å²) in [6.07, 6.45) is -0.467. The van der Waals surface area contributed by atoms with Crippen molar-refractivity contribution in [1.82, 2.24) is 0 Å². The summed E-state index contributed by atoms with van der Waals surface area (Å²) in [6, 6.07) is 16.5. The Morgan fingerprint density at radius 3 is 2.20 bits per heavy atom. The predicted molar refractivity (Wildman–Crippen MR) is 77.7 cm³/mol. The summed E-state index contributed by atoms with van der Waals surface area (Å²) in [5, 5.41) is 10.8.